The van der Waals surface area contributed by atoms with Crippen molar-refractivity contribution in [1.29, 1.82) is 5.41 Å². The molecular formula is C14H18NOP. The SMILES string of the molecule is CPC(=N)C[C@@H]1CCc2ccc3c(c21)CCO3. The highest BCUT2D eigenvalue weighted by Gasteiger charge is 2.29. The highest BCUT2D eigenvalue weighted by atomic mass is 31.1. The lowest BCUT2D eigenvalue weighted by Gasteiger charge is -2.14. The first kappa shape index (κ1) is 11.2. The van der Waals surface area contributed by atoms with Gasteiger partial charge in [-0.05, 0) is 49.0 Å². The van der Waals surface area contributed by atoms with Gasteiger partial charge in [-0.1, -0.05) is 14.6 Å². The van der Waals surface area contributed by atoms with E-state index in [-0.39, 0.29) is 0 Å². The van der Waals surface area contributed by atoms with E-state index in [1.807, 2.05) is 0 Å². The monoisotopic (exact) mass is 247 g/mol. The van der Waals surface area contributed by atoms with Gasteiger partial charge in [-0.2, -0.15) is 0 Å². The van der Waals surface area contributed by atoms with Crippen LogP contribution in [0.2, 0.25) is 0 Å². The summed E-state index contributed by atoms with van der Waals surface area (Å²) in [6.45, 7) is 2.95. The molecule has 0 saturated heterocycles. The average molecular weight is 247 g/mol. The number of rotatable bonds is 3. The van der Waals surface area contributed by atoms with E-state index >= 15 is 0 Å². The summed E-state index contributed by atoms with van der Waals surface area (Å²) >= 11 is 0. The van der Waals surface area contributed by atoms with Gasteiger partial charge >= 0.3 is 0 Å². The van der Waals surface area contributed by atoms with Crippen LogP contribution in [0.3, 0.4) is 0 Å². The quantitative estimate of drug-likeness (QED) is 0.645. The van der Waals surface area contributed by atoms with E-state index in [1.54, 1.807) is 0 Å². The molecule has 1 aliphatic heterocycles. The summed E-state index contributed by atoms with van der Waals surface area (Å²) in [6, 6.07) is 4.37. The van der Waals surface area contributed by atoms with Gasteiger partial charge < -0.3 is 10.1 Å². The van der Waals surface area contributed by atoms with Gasteiger partial charge in [0.25, 0.3) is 0 Å². The summed E-state index contributed by atoms with van der Waals surface area (Å²) in [5, 5.41) is 7.92. The van der Waals surface area contributed by atoms with E-state index in [0.29, 0.717) is 14.5 Å². The number of aryl methyl sites for hydroxylation is 1. The smallest absolute Gasteiger partial charge is 0.122 e. The van der Waals surface area contributed by atoms with Gasteiger partial charge in [-0.25, -0.2) is 0 Å². The first-order valence-electron chi connectivity index (χ1n) is 6.32. The molecule has 2 aliphatic rings. The zero-order valence-corrected chi connectivity index (χ0v) is 11.2. The predicted octanol–water partition coefficient (Wildman–Crippen LogP) is 3.33. The van der Waals surface area contributed by atoms with E-state index in [9.17, 15) is 0 Å². The largest absolute Gasteiger partial charge is 0.493 e. The molecule has 0 aromatic heterocycles. The number of fused-ring (bicyclic) bond motifs is 3. The molecule has 1 aromatic rings. The standard InChI is InChI=1S/C14H18NOP/c1-17-13(15)8-10-3-2-9-4-5-12-11(14(9)10)6-7-16-12/h4-5,10,15,17H,2-3,6-8H2,1H3/t10-/m0/s1. The molecule has 3 rings (SSSR count). The van der Waals surface area contributed by atoms with Gasteiger partial charge in [0.1, 0.15) is 5.75 Å². The molecular weight excluding hydrogens is 229 g/mol. The minimum absolute atomic E-state index is 0.585. The summed E-state index contributed by atoms with van der Waals surface area (Å²) in [5.74, 6) is 1.68. The molecule has 3 heteroatoms. The molecule has 1 unspecified atom stereocenters. The summed E-state index contributed by atoms with van der Waals surface area (Å²) in [6.07, 6.45) is 4.43. The van der Waals surface area contributed by atoms with Crippen LogP contribution in [0, 0.1) is 5.41 Å². The molecule has 1 aromatic carbocycles. The topological polar surface area (TPSA) is 33.1 Å². The summed E-state index contributed by atoms with van der Waals surface area (Å²) in [7, 11) is 0.658. The van der Waals surface area contributed by atoms with Crippen molar-refractivity contribution in [2.75, 3.05) is 13.3 Å². The second-order valence-electron chi connectivity index (χ2n) is 4.88. The van der Waals surface area contributed by atoms with Gasteiger partial charge in [0.2, 0.25) is 0 Å². The van der Waals surface area contributed by atoms with Crippen LogP contribution in [-0.2, 0) is 12.8 Å². The number of ether oxygens (including phenoxy) is 1. The summed E-state index contributed by atoms with van der Waals surface area (Å²) in [4.78, 5) is 0. The van der Waals surface area contributed by atoms with Gasteiger partial charge in [-0.3, -0.25) is 0 Å². The Bertz CT molecular complexity index is 470. The Balaban J connectivity index is 1.95. The van der Waals surface area contributed by atoms with Gasteiger partial charge in [-0.15, -0.1) is 0 Å². The lowest BCUT2D eigenvalue weighted by Crippen LogP contribution is -2.02. The van der Waals surface area contributed by atoms with E-state index in [2.05, 4.69) is 18.8 Å². The number of nitrogens with one attached hydrogen (secondary N) is 1. The fourth-order valence-corrected chi connectivity index (χ4v) is 3.55. The van der Waals surface area contributed by atoms with E-state index in [4.69, 9.17) is 10.1 Å². The number of hydrogen-bond acceptors (Lipinski definition) is 2. The van der Waals surface area contributed by atoms with Crippen molar-refractivity contribution in [3.8, 4) is 5.75 Å². The Hall–Kier alpha value is -0.880. The lowest BCUT2D eigenvalue weighted by molar-refractivity contribution is 0.357. The molecule has 0 fully saturated rings. The molecule has 0 bridgehead atoms. The molecule has 0 spiro atoms. The van der Waals surface area contributed by atoms with E-state index < -0.39 is 0 Å². The van der Waals surface area contributed by atoms with Crippen LogP contribution < -0.4 is 4.74 Å². The normalized spacial score (nSPS) is 21.6. The van der Waals surface area contributed by atoms with E-state index in [0.717, 1.165) is 30.7 Å². The second kappa shape index (κ2) is 4.42. The molecule has 0 saturated carbocycles. The van der Waals surface area contributed by atoms with Crippen LogP contribution >= 0.6 is 8.58 Å². The molecule has 90 valence electrons. The third kappa shape index (κ3) is 1.89. The minimum atomic E-state index is 0.585. The lowest BCUT2D eigenvalue weighted by atomic mass is 9.92. The van der Waals surface area contributed by atoms with E-state index in [1.165, 1.54) is 29.5 Å². The van der Waals surface area contributed by atoms with Crippen LogP contribution in [0.25, 0.3) is 0 Å². The number of benzene rings is 1. The maximum absolute atomic E-state index is 7.92. The van der Waals surface area contributed by atoms with Crippen molar-refractivity contribution in [1.82, 2.24) is 0 Å². The average Bonchev–Trinajstić information content (AvgIpc) is 2.94. The van der Waals surface area contributed by atoms with Crippen LogP contribution in [0.4, 0.5) is 0 Å². The van der Waals surface area contributed by atoms with Crippen molar-refractivity contribution < 1.29 is 4.74 Å². The zero-order valence-electron chi connectivity index (χ0n) is 10.2. The maximum atomic E-state index is 7.92. The first-order valence-corrected chi connectivity index (χ1v) is 7.82. The highest BCUT2D eigenvalue weighted by Crippen LogP contribution is 2.43. The zero-order chi connectivity index (χ0) is 11.8. The fourth-order valence-electron chi connectivity index (χ4n) is 3.10. The molecule has 1 heterocycles. The Morgan fingerprint density at radius 3 is 3.18 bits per heavy atom. The molecule has 2 atom stereocenters. The predicted molar refractivity (Wildman–Crippen MR) is 73.3 cm³/mol. The van der Waals surface area contributed by atoms with Crippen molar-refractivity contribution in [3.05, 3.63) is 28.8 Å². The molecule has 0 amide bonds. The minimum Gasteiger partial charge on any atom is -0.493 e. The summed E-state index contributed by atoms with van der Waals surface area (Å²) in [5.41, 5.74) is 5.39. The van der Waals surface area contributed by atoms with Crippen LogP contribution in [0.15, 0.2) is 12.1 Å². The van der Waals surface area contributed by atoms with Gasteiger partial charge in [0, 0.05) is 17.4 Å². The maximum Gasteiger partial charge on any atom is 0.122 e. The summed E-state index contributed by atoms with van der Waals surface area (Å²) < 4.78 is 5.65. The van der Waals surface area contributed by atoms with Crippen LogP contribution in [0.5, 0.6) is 5.75 Å². The Labute approximate surface area is 104 Å². The third-order valence-electron chi connectivity index (χ3n) is 3.94. The van der Waals surface area contributed by atoms with Crippen LogP contribution in [0.1, 0.15) is 35.4 Å². The van der Waals surface area contributed by atoms with Crippen molar-refractivity contribution in [2.45, 2.75) is 31.6 Å². The molecule has 1 aliphatic carbocycles. The van der Waals surface area contributed by atoms with Crippen molar-refractivity contribution >= 4 is 14.0 Å². The highest BCUT2D eigenvalue weighted by molar-refractivity contribution is 7.57. The van der Waals surface area contributed by atoms with Crippen LogP contribution in [-0.4, -0.2) is 18.7 Å². The van der Waals surface area contributed by atoms with Gasteiger partial charge in [0.05, 0.1) is 6.61 Å². The Kier molecular flexibility index (Phi) is 2.92. The molecule has 0 radical (unpaired) electrons. The Morgan fingerprint density at radius 2 is 2.35 bits per heavy atom. The van der Waals surface area contributed by atoms with Gasteiger partial charge in [0.15, 0.2) is 0 Å². The number of hydrogen-bond donors (Lipinski definition) is 1. The fraction of sp³-hybridized carbons (Fsp3) is 0.500. The second-order valence-corrected chi connectivity index (χ2v) is 5.99. The first-order chi connectivity index (χ1) is 8.29. The Morgan fingerprint density at radius 1 is 1.47 bits per heavy atom. The van der Waals surface area contributed by atoms with Crippen molar-refractivity contribution in [3.63, 3.8) is 0 Å². The molecule has 1 N–H and O–H groups in total. The van der Waals surface area contributed by atoms with Crippen molar-refractivity contribution in [2.24, 2.45) is 0 Å². The molecule has 17 heavy (non-hydrogen) atoms. The third-order valence-corrected chi connectivity index (χ3v) is 4.74. The molecule has 2 nitrogen and oxygen atoms in total.